The summed E-state index contributed by atoms with van der Waals surface area (Å²) in [4.78, 5) is 14.7. The second kappa shape index (κ2) is 8.08. The number of rotatable bonds is 5. The Balaban J connectivity index is 1.85. The molecular weight excluding hydrogens is 367 g/mol. The molecule has 1 aliphatic heterocycles. The van der Waals surface area contributed by atoms with E-state index in [1.54, 1.807) is 12.1 Å². The predicted molar refractivity (Wildman–Crippen MR) is 103 cm³/mol. The van der Waals surface area contributed by atoms with Crippen LogP contribution in [0.15, 0.2) is 53.4 Å². The van der Waals surface area contributed by atoms with E-state index in [4.69, 9.17) is 0 Å². The highest BCUT2D eigenvalue weighted by Gasteiger charge is 2.27. The van der Waals surface area contributed by atoms with Crippen LogP contribution in [0.1, 0.15) is 43.0 Å². The van der Waals surface area contributed by atoms with Crippen molar-refractivity contribution < 1.29 is 17.6 Å². The molecule has 1 amide bonds. The summed E-state index contributed by atoms with van der Waals surface area (Å²) in [7, 11) is -3.92. The first-order chi connectivity index (χ1) is 12.9. The molecule has 0 aliphatic carbocycles. The first-order valence-electron chi connectivity index (χ1n) is 9.10. The van der Waals surface area contributed by atoms with E-state index < -0.39 is 15.8 Å². The highest BCUT2D eigenvalue weighted by atomic mass is 32.2. The molecule has 1 saturated heterocycles. The lowest BCUT2D eigenvalue weighted by Crippen LogP contribution is -2.43. The van der Waals surface area contributed by atoms with Gasteiger partial charge in [0, 0.05) is 18.2 Å². The van der Waals surface area contributed by atoms with Crippen LogP contribution in [0, 0.1) is 5.82 Å². The Morgan fingerprint density at radius 2 is 1.96 bits per heavy atom. The minimum atomic E-state index is -3.92. The van der Waals surface area contributed by atoms with Crippen molar-refractivity contribution in [1.82, 2.24) is 4.90 Å². The van der Waals surface area contributed by atoms with Crippen LogP contribution in [0.3, 0.4) is 0 Å². The molecule has 1 atom stereocenters. The van der Waals surface area contributed by atoms with Crippen LogP contribution in [-0.2, 0) is 10.0 Å². The average Bonchev–Trinajstić information content (AvgIpc) is 2.67. The molecule has 1 unspecified atom stereocenters. The Hall–Kier alpha value is -2.41. The maximum atomic E-state index is 13.3. The van der Waals surface area contributed by atoms with Gasteiger partial charge in [-0.05, 0) is 62.1 Å². The molecule has 7 heteroatoms. The lowest BCUT2D eigenvalue weighted by atomic mass is 9.99. The van der Waals surface area contributed by atoms with Crippen molar-refractivity contribution in [3.8, 4) is 0 Å². The van der Waals surface area contributed by atoms with Crippen LogP contribution in [0.4, 0.5) is 10.1 Å². The van der Waals surface area contributed by atoms with E-state index in [1.807, 2.05) is 4.90 Å². The third-order valence-electron chi connectivity index (χ3n) is 4.83. The third kappa shape index (κ3) is 4.47. The topological polar surface area (TPSA) is 66.5 Å². The zero-order chi connectivity index (χ0) is 19.4. The molecule has 1 N–H and O–H groups in total. The van der Waals surface area contributed by atoms with Gasteiger partial charge >= 0.3 is 0 Å². The zero-order valence-corrected chi connectivity index (χ0v) is 16.0. The summed E-state index contributed by atoms with van der Waals surface area (Å²) in [5, 5.41) is 0. The molecule has 27 heavy (non-hydrogen) atoms. The van der Waals surface area contributed by atoms with E-state index in [0.717, 1.165) is 31.7 Å². The molecule has 0 aromatic heterocycles. The monoisotopic (exact) mass is 390 g/mol. The summed E-state index contributed by atoms with van der Waals surface area (Å²) >= 11 is 0. The fourth-order valence-electron chi connectivity index (χ4n) is 3.42. The molecule has 1 heterocycles. The lowest BCUT2D eigenvalue weighted by Gasteiger charge is -2.35. The minimum Gasteiger partial charge on any atom is -0.336 e. The number of hydrogen-bond donors (Lipinski definition) is 1. The number of carbonyl (C=O) groups excluding carboxylic acids is 1. The normalized spacial score (nSPS) is 17.6. The highest BCUT2D eigenvalue weighted by molar-refractivity contribution is 7.92. The molecule has 2 aromatic carbocycles. The molecule has 2 aromatic rings. The highest BCUT2D eigenvalue weighted by Crippen LogP contribution is 2.23. The molecule has 1 fully saturated rings. The SMILES string of the molecule is CCC1CCCCN1C(=O)c1cccc(S(=O)(=O)Nc2cccc(F)c2)c1. The van der Waals surface area contributed by atoms with Crippen molar-refractivity contribution in [1.29, 1.82) is 0 Å². The van der Waals surface area contributed by atoms with Gasteiger partial charge in [0.25, 0.3) is 15.9 Å². The van der Waals surface area contributed by atoms with E-state index in [-0.39, 0.29) is 22.5 Å². The van der Waals surface area contributed by atoms with E-state index >= 15 is 0 Å². The molecule has 0 spiro atoms. The summed E-state index contributed by atoms with van der Waals surface area (Å²) in [6.45, 7) is 2.75. The largest absolute Gasteiger partial charge is 0.336 e. The number of carbonyl (C=O) groups is 1. The van der Waals surface area contributed by atoms with Gasteiger partial charge in [0.1, 0.15) is 5.82 Å². The number of nitrogens with one attached hydrogen (secondary N) is 1. The molecule has 144 valence electrons. The summed E-state index contributed by atoms with van der Waals surface area (Å²) in [5.41, 5.74) is 0.478. The number of amides is 1. The molecular formula is C20H23FN2O3S. The van der Waals surface area contributed by atoms with Crippen LogP contribution in [0.2, 0.25) is 0 Å². The van der Waals surface area contributed by atoms with Gasteiger partial charge in [-0.1, -0.05) is 19.1 Å². The summed E-state index contributed by atoms with van der Waals surface area (Å²) < 4.78 is 40.9. The fourth-order valence-corrected chi connectivity index (χ4v) is 4.52. The minimum absolute atomic E-state index is 0.0253. The van der Waals surface area contributed by atoms with Gasteiger partial charge in [-0.15, -0.1) is 0 Å². The third-order valence-corrected chi connectivity index (χ3v) is 6.21. The van der Waals surface area contributed by atoms with E-state index in [0.29, 0.717) is 12.1 Å². The molecule has 3 rings (SSSR count). The van der Waals surface area contributed by atoms with E-state index in [2.05, 4.69) is 11.6 Å². The number of sulfonamides is 1. The van der Waals surface area contributed by atoms with Crippen LogP contribution in [-0.4, -0.2) is 31.8 Å². The summed E-state index contributed by atoms with van der Waals surface area (Å²) in [6, 6.07) is 11.4. The maximum Gasteiger partial charge on any atom is 0.261 e. The van der Waals surface area contributed by atoms with Gasteiger partial charge in [-0.2, -0.15) is 0 Å². The molecule has 0 radical (unpaired) electrons. The van der Waals surface area contributed by atoms with Crippen LogP contribution in [0.25, 0.3) is 0 Å². The van der Waals surface area contributed by atoms with Gasteiger partial charge < -0.3 is 4.90 Å². The Labute approximate surface area is 159 Å². The number of anilines is 1. The van der Waals surface area contributed by atoms with Crippen molar-refractivity contribution >= 4 is 21.6 Å². The Kier molecular flexibility index (Phi) is 5.79. The molecule has 1 aliphatic rings. The second-order valence-electron chi connectivity index (χ2n) is 6.70. The fraction of sp³-hybridized carbons (Fsp3) is 0.350. The summed E-state index contributed by atoms with van der Waals surface area (Å²) in [6.07, 6.45) is 3.92. The Bertz CT molecular complexity index is 930. The van der Waals surface area contributed by atoms with Crippen molar-refractivity contribution in [3.05, 3.63) is 59.9 Å². The quantitative estimate of drug-likeness (QED) is 0.838. The Morgan fingerprint density at radius 1 is 1.19 bits per heavy atom. The van der Waals surface area contributed by atoms with Crippen molar-refractivity contribution in [2.45, 2.75) is 43.5 Å². The van der Waals surface area contributed by atoms with Crippen molar-refractivity contribution in [2.75, 3.05) is 11.3 Å². The van der Waals surface area contributed by atoms with Crippen molar-refractivity contribution in [3.63, 3.8) is 0 Å². The first kappa shape index (κ1) is 19.4. The Morgan fingerprint density at radius 3 is 2.70 bits per heavy atom. The number of benzene rings is 2. The number of piperidine rings is 1. The second-order valence-corrected chi connectivity index (χ2v) is 8.38. The zero-order valence-electron chi connectivity index (χ0n) is 15.2. The number of likely N-dealkylation sites (tertiary alicyclic amines) is 1. The van der Waals surface area contributed by atoms with Crippen LogP contribution >= 0.6 is 0 Å². The van der Waals surface area contributed by atoms with E-state index in [1.165, 1.54) is 30.3 Å². The molecule has 5 nitrogen and oxygen atoms in total. The van der Waals surface area contributed by atoms with Gasteiger partial charge in [0.05, 0.1) is 10.6 Å². The lowest BCUT2D eigenvalue weighted by molar-refractivity contribution is 0.0608. The standard InChI is InChI=1S/C20H23FN2O3S/c1-2-18-10-3-4-12-23(18)20(24)15-7-5-11-19(13-15)27(25,26)22-17-9-6-8-16(21)14-17/h5-9,11,13-14,18,22H,2-4,10,12H2,1H3. The summed E-state index contributed by atoms with van der Waals surface area (Å²) in [5.74, 6) is -0.681. The number of halogens is 1. The van der Waals surface area contributed by atoms with Gasteiger partial charge in [-0.3, -0.25) is 9.52 Å². The van der Waals surface area contributed by atoms with Gasteiger partial charge in [-0.25, -0.2) is 12.8 Å². The van der Waals surface area contributed by atoms with Gasteiger partial charge in [0.15, 0.2) is 0 Å². The number of hydrogen-bond acceptors (Lipinski definition) is 3. The average molecular weight is 390 g/mol. The van der Waals surface area contributed by atoms with Gasteiger partial charge in [0.2, 0.25) is 0 Å². The van der Waals surface area contributed by atoms with Crippen LogP contribution in [0.5, 0.6) is 0 Å². The van der Waals surface area contributed by atoms with E-state index in [9.17, 15) is 17.6 Å². The number of nitrogens with zero attached hydrogens (tertiary/aromatic N) is 1. The molecule has 0 saturated carbocycles. The van der Waals surface area contributed by atoms with Crippen LogP contribution < -0.4 is 4.72 Å². The predicted octanol–water partition coefficient (Wildman–Crippen LogP) is 4.03. The molecule has 0 bridgehead atoms. The van der Waals surface area contributed by atoms with Crippen molar-refractivity contribution in [2.24, 2.45) is 0 Å². The maximum absolute atomic E-state index is 13.3. The smallest absolute Gasteiger partial charge is 0.261 e. The first-order valence-corrected chi connectivity index (χ1v) is 10.6.